The third kappa shape index (κ3) is 2.41. The van der Waals surface area contributed by atoms with Crippen LogP contribution in [0.2, 0.25) is 5.02 Å². The Bertz CT molecular complexity index is 621. The fourth-order valence-corrected chi connectivity index (χ4v) is 3.02. The molecule has 2 nitrogen and oxygen atoms in total. The number of rotatable bonds is 2. The largest absolute Gasteiger partial charge is 0.497 e. The maximum Gasteiger partial charge on any atom is 0.119 e. The molecular formula is C17H17ClO2. The molecule has 1 unspecified atom stereocenters. The van der Waals surface area contributed by atoms with Crippen molar-refractivity contribution in [2.24, 2.45) is 0 Å². The van der Waals surface area contributed by atoms with E-state index < -0.39 is 5.60 Å². The molecule has 104 valence electrons. The van der Waals surface area contributed by atoms with Gasteiger partial charge in [-0.15, -0.1) is 0 Å². The van der Waals surface area contributed by atoms with E-state index >= 15 is 0 Å². The van der Waals surface area contributed by atoms with Crippen molar-refractivity contribution >= 4 is 11.6 Å². The molecule has 1 N–H and O–H groups in total. The van der Waals surface area contributed by atoms with Gasteiger partial charge in [0.2, 0.25) is 0 Å². The fourth-order valence-electron chi connectivity index (χ4n) is 2.89. The van der Waals surface area contributed by atoms with Crippen molar-refractivity contribution in [2.75, 3.05) is 7.11 Å². The molecule has 20 heavy (non-hydrogen) atoms. The highest BCUT2D eigenvalue weighted by atomic mass is 35.5. The van der Waals surface area contributed by atoms with Crippen molar-refractivity contribution in [2.45, 2.75) is 24.9 Å². The van der Waals surface area contributed by atoms with Gasteiger partial charge in [-0.05, 0) is 53.8 Å². The number of halogens is 1. The lowest BCUT2D eigenvalue weighted by Gasteiger charge is -2.34. The topological polar surface area (TPSA) is 29.5 Å². The highest BCUT2D eigenvalue weighted by molar-refractivity contribution is 6.30. The zero-order valence-corrected chi connectivity index (χ0v) is 12.2. The second-order valence-corrected chi connectivity index (χ2v) is 5.79. The first-order chi connectivity index (χ1) is 9.60. The van der Waals surface area contributed by atoms with Gasteiger partial charge in [-0.3, -0.25) is 0 Å². The smallest absolute Gasteiger partial charge is 0.119 e. The van der Waals surface area contributed by atoms with Crippen LogP contribution in [0.15, 0.2) is 42.5 Å². The number of aliphatic hydroxyl groups is 1. The lowest BCUT2D eigenvalue weighted by molar-refractivity contribution is 0.0222. The van der Waals surface area contributed by atoms with Crippen LogP contribution in [0.4, 0.5) is 0 Å². The maximum atomic E-state index is 11.0. The van der Waals surface area contributed by atoms with Crippen molar-refractivity contribution in [3.63, 3.8) is 0 Å². The molecule has 1 aliphatic rings. The molecule has 1 atom stereocenters. The number of aryl methyl sites for hydroxylation is 1. The molecule has 0 bridgehead atoms. The summed E-state index contributed by atoms with van der Waals surface area (Å²) in [5.41, 5.74) is 2.57. The number of hydrogen-bond acceptors (Lipinski definition) is 2. The van der Waals surface area contributed by atoms with Gasteiger partial charge in [-0.1, -0.05) is 29.8 Å². The first-order valence-corrected chi connectivity index (χ1v) is 7.13. The number of benzene rings is 2. The van der Waals surface area contributed by atoms with Crippen LogP contribution in [0.1, 0.15) is 23.1 Å². The van der Waals surface area contributed by atoms with E-state index in [1.165, 1.54) is 5.56 Å². The molecule has 0 amide bonds. The van der Waals surface area contributed by atoms with Gasteiger partial charge in [-0.2, -0.15) is 0 Å². The van der Waals surface area contributed by atoms with E-state index in [0.717, 1.165) is 29.7 Å². The monoisotopic (exact) mass is 288 g/mol. The third-order valence-electron chi connectivity index (χ3n) is 4.09. The minimum Gasteiger partial charge on any atom is -0.497 e. The average molecular weight is 289 g/mol. The quantitative estimate of drug-likeness (QED) is 0.912. The highest BCUT2D eigenvalue weighted by Crippen LogP contribution is 2.37. The van der Waals surface area contributed by atoms with Crippen LogP contribution in [0.25, 0.3) is 0 Å². The number of hydrogen-bond donors (Lipinski definition) is 1. The Morgan fingerprint density at radius 3 is 2.55 bits per heavy atom. The average Bonchev–Trinajstić information content (AvgIpc) is 2.47. The number of ether oxygens (including phenoxy) is 1. The standard InChI is InChI=1S/C17H17ClO2/c1-20-16-7-2-12-8-9-17(19,11-13(12)10-16)14-3-5-15(18)6-4-14/h2-7,10,19H,8-9,11H2,1H3. The predicted octanol–water partition coefficient (Wildman–Crippen LogP) is 3.73. The van der Waals surface area contributed by atoms with Crippen LogP contribution in [0.3, 0.4) is 0 Å². The van der Waals surface area contributed by atoms with Crippen molar-refractivity contribution in [1.82, 2.24) is 0 Å². The Kier molecular flexibility index (Phi) is 3.45. The van der Waals surface area contributed by atoms with Gasteiger partial charge >= 0.3 is 0 Å². The van der Waals surface area contributed by atoms with E-state index in [9.17, 15) is 5.11 Å². The van der Waals surface area contributed by atoms with Crippen molar-refractivity contribution in [3.05, 3.63) is 64.2 Å². The molecule has 0 spiro atoms. The molecule has 0 saturated heterocycles. The summed E-state index contributed by atoms with van der Waals surface area (Å²) in [4.78, 5) is 0. The van der Waals surface area contributed by atoms with Gasteiger partial charge in [0.25, 0.3) is 0 Å². The van der Waals surface area contributed by atoms with Gasteiger partial charge in [0.1, 0.15) is 5.75 Å². The molecule has 1 aliphatic carbocycles. The van der Waals surface area contributed by atoms with E-state index in [4.69, 9.17) is 16.3 Å². The number of fused-ring (bicyclic) bond motifs is 1. The van der Waals surface area contributed by atoms with Crippen molar-refractivity contribution < 1.29 is 9.84 Å². The minimum atomic E-state index is -0.816. The lowest BCUT2D eigenvalue weighted by Crippen LogP contribution is -2.33. The number of methoxy groups -OCH3 is 1. The van der Waals surface area contributed by atoms with E-state index in [0.29, 0.717) is 11.4 Å². The summed E-state index contributed by atoms with van der Waals surface area (Å²) in [6.07, 6.45) is 2.22. The Morgan fingerprint density at radius 2 is 1.85 bits per heavy atom. The van der Waals surface area contributed by atoms with E-state index in [2.05, 4.69) is 6.07 Å². The molecule has 0 aromatic heterocycles. The molecule has 0 radical (unpaired) electrons. The van der Waals surface area contributed by atoms with Crippen LogP contribution in [0, 0.1) is 0 Å². The fraction of sp³-hybridized carbons (Fsp3) is 0.294. The van der Waals surface area contributed by atoms with Crippen LogP contribution in [0.5, 0.6) is 5.75 Å². The van der Waals surface area contributed by atoms with Crippen LogP contribution < -0.4 is 4.74 Å². The predicted molar refractivity (Wildman–Crippen MR) is 80.4 cm³/mol. The van der Waals surface area contributed by atoms with Crippen molar-refractivity contribution in [1.29, 1.82) is 0 Å². The van der Waals surface area contributed by atoms with Crippen LogP contribution in [-0.2, 0) is 18.4 Å². The summed E-state index contributed by atoms with van der Waals surface area (Å²) >= 11 is 5.92. The van der Waals surface area contributed by atoms with Gasteiger partial charge in [-0.25, -0.2) is 0 Å². The Hall–Kier alpha value is -1.51. The summed E-state index contributed by atoms with van der Waals surface area (Å²) in [7, 11) is 1.66. The summed E-state index contributed by atoms with van der Waals surface area (Å²) in [6, 6.07) is 13.6. The summed E-state index contributed by atoms with van der Waals surface area (Å²) in [6.45, 7) is 0. The van der Waals surface area contributed by atoms with Gasteiger partial charge in [0.15, 0.2) is 0 Å². The lowest BCUT2D eigenvalue weighted by atomic mass is 9.76. The SMILES string of the molecule is COc1ccc2c(c1)CC(O)(c1ccc(Cl)cc1)CC2. The van der Waals surface area contributed by atoms with Crippen LogP contribution in [-0.4, -0.2) is 12.2 Å². The minimum absolute atomic E-state index is 0.612. The molecule has 3 heteroatoms. The van der Waals surface area contributed by atoms with Gasteiger partial charge in [0.05, 0.1) is 12.7 Å². The molecule has 0 heterocycles. The molecule has 3 rings (SSSR count). The zero-order chi connectivity index (χ0) is 14.2. The molecule has 2 aromatic rings. The second-order valence-electron chi connectivity index (χ2n) is 5.35. The van der Waals surface area contributed by atoms with Crippen LogP contribution >= 0.6 is 11.6 Å². The molecule has 0 saturated carbocycles. The van der Waals surface area contributed by atoms with Gasteiger partial charge < -0.3 is 9.84 Å². The first-order valence-electron chi connectivity index (χ1n) is 6.75. The molecule has 2 aromatic carbocycles. The van der Waals surface area contributed by atoms with E-state index in [1.54, 1.807) is 7.11 Å². The molecule has 0 aliphatic heterocycles. The Morgan fingerprint density at radius 1 is 1.10 bits per heavy atom. The first kappa shape index (κ1) is 13.5. The molecule has 0 fully saturated rings. The van der Waals surface area contributed by atoms with Gasteiger partial charge in [0, 0.05) is 11.4 Å². The normalized spacial score (nSPS) is 21.4. The maximum absolute atomic E-state index is 11.0. The highest BCUT2D eigenvalue weighted by Gasteiger charge is 2.33. The van der Waals surface area contributed by atoms with E-state index in [1.807, 2.05) is 36.4 Å². The summed E-state index contributed by atoms with van der Waals surface area (Å²) in [5.74, 6) is 0.837. The second kappa shape index (κ2) is 5.12. The Balaban J connectivity index is 1.95. The van der Waals surface area contributed by atoms with E-state index in [-0.39, 0.29) is 0 Å². The summed E-state index contributed by atoms with van der Waals surface area (Å²) < 4.78 is 5.27. The third-order valence-corrected chi connectivity index (χ3v) is 4.34. The zero-order valence-electron chi connectivity index (χ0n) is 11.4. The molecular weight excluding hydrogens is 272 g/mol. The van der Waals surface area contributed by atoms with Crippen molar-refractivity contribution in [3.8, 4) is 5.75 Å². The Labute approximate surface area is 124 Å². The summed E-state index contributed by atoms with van der Waals surface area (Å²) in [5, 5.41) is 11.6.